The first-order chi connectivity index (χ1) is 9.11. The van der Waals surface area contributed by atoms with E-state index in [0.717, 1.165) is 0 Å². The molecule has 2 aromatic rings. The first-order valence-electron chi connectivity index (χ1n) is 5.87. The van der Waals surface area contributed by atoms with Gasteiger partial charge >= 0.3 is 5.97 Å². The van der Waals surface area contributed by atoms with Gasteiger partial charge in [-0.05, 0) is 31.2 Å². The van der Waals surface area contributed by atoms with Crippen LogP contribution in [0.2, 0.25) is 0 Å². The average molecular weight is 258 g/mol. The second-order valence-electron chi connectivity index (χ2n) is 3.94. The summed E-state index contributed by atoms with van der Waals surface area (Å²) in [6, 6.07) is 9.65. The summed E-state index contributed by atoms with van der Waals surface area (Å²) in [5.74, 6) is -0.458. The highest BCUT2D eigenvalue weighted by atomic mass is 16.5. The first-order valence-corrected chi connectivity index (χ1v) is 5.87. The molecule has 1 aromatic heterocycles. The van der Waals surface area contributed by atoms with E-state index in [2.05, 4.69) is 0 Å². The average Bonchev–Trinajstić information content (AvgIpc) is 2.39. The Kier molecular flexibility index (Phi) is 3.66. The Labute approximate surface area is 110 Å². The molecule has 98 valence electrons. The Bertz CT molecular complexity index is 662. The maximum atomic E-state index is 11.8. The highest BCUT2D eigenvalue weighted by Gasteiger charge is 2.09. The lowest BCUT2D eigenvalue weighted by atomic mass is 10.2. The minimum Gasteiger partial charge on any atom is -0.462 e. The third-order valence-corrected chi connectivity index (χ3v) is 2.57. The number of anilines is 1. The van der Waals surface area contributed by atoms with Crippen molar-refractivity contribution in [1.82, 2.24) is 4.57 Å². The van der Waals surface area contributed by atoms with Crippen molar-refractivity contribution in [3.05, 3.63) is 58.5 Å². The van der Waals surface area contributed by atoms with Crippen LogP contribution in [0.25, 0.3) is 5.69 Å². The molecule has 0 aliphatic carbocycles. The maximum Gasteiger partial charge on any atom is 0.339 e. The van der Waals surface area contributed by atoms with E-state index in [1.54, 1.807) is 31.2 Å². The molecule has 0 amide bonds. The van der Waals surface area contributed by atoms with Crippen LogP contribution in [0.5, 0.6) is 0 Å². The number of carbonyl (C=O) groups excluding carboxylic acids is 1. The SMILES string of the molecule is CCOC(=O)c1ccc(=O)n(-c2cccc(N)c2)c1. The van der Waals surface area contributed by atoms with E-state index in [-0.39, 0.29) is 12.2 Å². The van der Waals surface area contributed by atoms with E-state index in [1.807, 2.05) is 0 Å². The number of esters is 1. The van der Waals surface area contributed by atoms with Gasteiger partial charge < -0.3 is 10.5 Å². The number of benzene rings is 1. The fourth-order valence-electron chi connectivity index (χ4n) is 1.70. The Morgan fingerprint density at radius 1 is 1.32 bits per heavy atom. The number of hydrogen-bond acceptors (Lipinski definition) is 4. The van der Waals surface area contributed by atoms with Crippen LogP contribution >= 0.6 is 0 Å². The molecule has 0 spiro atoms. The van der Waals surface area contributed by atoms with Gasteiger partial charge in [-0.2, -0.15) is 0 Å². The molecule has 0 unspecified atom stereocenters. The van der Waals surface area contributed by atoms with Crippen molar-refractivity contribution >= 4 is 11.7 Å². The van der Waals surface area contributed by atoms with Gasteiger partial charge in [0.15, 0.2) is 0 Å². The van der Waals surface area contributed by atoms with E-state index < -0.39 is 5.97 Å². The topological polar surface area (TPSA) is 74.3 Å². The van der Waals surface area contributed by atoms with Gasteiger partial charge in [0.25, 0.3) is 5.56 Å². The zero-order valence-electron chi connectivity index (χ0n) is 10.5. The predicted octanol–water partition coefficient (Wildman–Crippen LogP) is 1.60. The summed E-state index contributed by atoms with van der Waals surface area (Å²) in [5.41, 5.74) is 6.92. The lowest BCUT2D eigenvalue weighted by Gasteiger charge is -2.08. The molecule has 1 aromatic carbocycles. The number of ether oxygens (including phenoxy) is 1. The van der Waals surface area contributed by atoms with Crippen molar-refractivity contribution in [3.8, 4) is 5.69 Å². The lowest BCUT2D eigenvalue weighted by molar-refractivity contribution is 0.0525. The van der Waals surface area contributed by atoms with Crippen molar-refractivity contribution in [1.29, 1.82) is 0 Å². The van der Waals surface area contributed by atoms with Gasteiger partial charge in [0.2, 0.25) is 0 Å². The number of pyridine rings is 1. The molecular formula is C14H14N2O3. The van der Waals surface area contributed by atoms with E-state index in [4.69, 9.17) is 10.5 Å². The zero-order valence-corrected chi connectivity index (χ0v) is 10.5. The molecule has 5 heteroatoms. The molecule has 2 rings (SSSR count). The second kappa shape index (κ2) is 5.39. The van der Waals surface area contributed by atoms with E-state index >= 15 is 0 Å². The maximum absolute atomic E-state index is 11.8. The molecule has 0 saturated heterocycles. The molecule has 0 aliphatic rings. The molecular weight excluding hydrogens is 244 g/mol. The number of nitrogens with zero attached hydrogens (tertiary/aromatic N) is 1. The number of hydrogen-bond donors (Lipinski definition) is 1. The number of nitrogens with two attached hydrogens (primary N) is 1. The molecule has 5 nitrogen and oxygen atoms in total. The van der Waals surface area contributed by atoms with E-state index in [1.165, 1.54) is 22.9 Å². The molecule has 0 saturated carbocycles. The van der Waals surface area contributed by atoms with Crippen molar-refractivity contribution in [3.63, 3.8) is 0 Å². The van der Waals surface area contributed by atoms with Crippen LogP contribution in [-0.4, -0.2) is 17.1 Å². The highest BCUT2D eigenvalue weighted by Crippen LogP contribution is 2.11. The van der Waals surface area contributed by atoms with Gasteiger partial charge in [-0.1, -0.05) is 6.07 Å². The Balaban J connectivity index is 2.48. The third-order valence-electron chi connectivity index (χ3n) is 2.57. The third kappa shape index (κ3) is 2.82. The molecule has 0 bridgehead atoms. The fraction of sp³-hybridized carbons (Fsp3) is 0.143. The minimum atomic E-state index is -0.458. The highest BCUT2D eigenvalue weighted by molar-refractivity contribution is 5.89. The minimum absolute atomic E-state index is 0.237. The quantitative estimate of drug-likeness (QED) is 0.670. The fourth-order valence-corrected chi connectivity index (χ4v) is 1.70. The number of carbonyl (C=O) groups is 1. The van der Waals surface area contributed by atoms with Crippen LogP contribution in [0, 0.1) is 0 Å². The number of aromatic nitrogens is 1. The van der Waals surface area contributed by atoms with Crippen molar-refractivity contribution in [2.24, 2.45) is 0 Å². The van der Waals surface area contributed by atoms with Gasteiger partial charge in [0.1, 0.15) is 0 Å². The number of rotatable bonds is 3. The van der Waals surface area contributed by atoms with Gasteiger partial charge in [0.05, 0.1) is 17.9 Å². The molecule has 0 aliphatic heterocycles. The summed E-state index contributed by atoms with van der Waals surface area (Å²) in [4.78, 5) is 23.5. The molecule has 0 fully saturated rings. The van der Waals surface area contributed by atoms with Gasteiger partial charge in [-0.3, -0.25) is 9.36 Å². The van der Waals surface area contributed by atoms with Crippen LogP contribution in [0.3, 0.4) is 0 Å². The standard InChI is InChI=1S/C14H14N2O3/c1-2-19-14(18)10-6-7-13(17)16(9-10)12-5-3-4-11(15)8-12/h3-9H,2,15H2,1H3. The largest absolute Gasteiger partial charge is 0.462 e. The van der Waals surface area contributed by atoms with E-state index in [0.29, 0.717) is 16.9 Å². The van der Waals surface area contributed by atoms with E-state index in [9.17, 15) is 9.59 Å². The van der Waals surface area contributed by atoms with Crippen LogP contribution in [-0.2, 0) is 4.74 Å². The summed E-state index contributed by atoms with van der Waals surface area (Å²) in [6.45, 7) is 2.02. The molecule has 0 radical (unpaired) electrons. The summed E-state index contributed by atoms with van der Waals surface area (Å²) >= 11 is 0. The first kappa shape index (κ1) is 12.9. The molecule has 19 heavy (non-hydrogen) atoms. The summed E-state index contributed by atoms with van der Waals surface area (Å²) < 4.78 is 6.27. The molecule has 2 N–H and O–H groups in total. The van der Waals surface area contributed by atoms with Crippen molar-refractivity contribution in [2.75, 3.05) is 12.3 Å². The van der Waals surface area contributed by atoms with Gasteiger partial charge in [-0.15, -0.1) is 0 Å². The second-order valence-corrected chi connectivity index (χ2v) is 3.94. The Morgan fingerprint density at radius 3 is 2.79 bits per heavy atom. The number of nitrogen functional groups attached to an aromatic ring is 1. The van der Waals surface area contributed by atoms with Crippen LogP contribution in [0.4, 0.5) is 5.69 Å². The Hall–Kier alpha value is -2.56. The summed E-state index contributed by atoms with van der Waals surface area (Å²) in [7, 11) is 0. The smallest absolute Gasteiger partial charge is 0.339 e. The van der Waals surface area contributed by atoms with Crippen molar-refractivity contribution in [2.45, 2.75) is 6.92 Å². The summed E-state index contributed by atoms with van der Waals surface area (Å²) in [6.07, 6.45) is 1.45. The molecule has 1 heterocycles. The summed E-state index contributed by atoms with van der Waals surface area (Å²) in [5, 5.41) is 0. The van der Waals surface area contributed by atoms with Crippen LogP contribution < -0.4 is 11.3 Å². The monoisotopic (exact) mass is 258 g/mol. The van der Waals surface area contributed by atoms with Gasteiger partial charge in [-0.25, -0.2) is 4.79 Å². The normalized spacial score (nSPS) is 10.2. The molecule has 0 atom stereocenters. The predicted molar refractivity (Wildman–Crippen MR) is 72.4 cm³/mol. The Morgan fingerprint density at radius 2 is 2.11 bits per heavy atom. The van der Waals surface area contributed by atoms with Crippen LogP contribution in [0.15, 0.2) is 47.4 Å². The van der Waals surface area contributed by atoms with Gasteiger partial charge in [0, 0.05) is 18.0 Å². The zero-order chi connectivity index (χ0) is 13.8. The van der Waals surface area contributed by atoms with Crippen LogP contribution in [0.1, 0.15) is 17.3 Å². The van der Waals surface area contributed by atoms with Crippen molar-refractivity contribution < 1.29 is 9.53 Å². The lowest BCUT2D eigenvalue weighted by Crippen LogP contribution is -2.19.